The van der Waals surface area contributed by atoms with E-state index in [4.69, 9.17) is 18.9 Å². The van der Waals surface area contributed by atoms with E-state index in [1.165, 1.54) is 20.1 Å². The highest BCUT2D eigenvalue weighted by molar-refractivity contribution is 5.91. The summed E-state index contributed by atoms with van der Waals surface area (Å²) in [6, 6.07) is 0. The van der Waals surface area contributed by atoms with Crippen LogP contribution < -0.4 is 0 Å². The summed E-state index contributed by atoms with van der Waals surface area (Å²) >= 11 is 0. The molecular formula is C22H32O8. The third-order valence-corrected chi connectivity index (χ3v) is 5.38. The standard InChI is InChI=1S/C22H32O8/c1-13-10-16-11-19(25)30-21(16)22(27-4)18(29-15(3)23)12-20(26)28-14(2)8-6-5-7-9-17(13)24/h5-7,9,13-14,16,18-19,21-22,25H,8,10-12H2,1-4H3/b6-5+,9-7+/t13-,14-,16-,18-,19?,21+,22?/m1/s1. The van der Waals surface area contributed by atoms with Crippen molar-refractivity contribution in [2.45, 2.75) is 77.2 Å². The zero-order chi connectivity index (χ0) is 22.3. The summed E-state index contributed by atoms with van der Waals surface area (Å²) < 4.78 is 22.0. The Kier molecular flexibility index (Phi) is 9.20. The van der Waals surface area contributed by atoms with Crippen LogP contribution in [0.15, 0.2) is 24.3 Å². The quantitative estimate of drug-likeness (QED) is 0.672. The number of ketones is 1. The number of methoxy groups -OCH3 is 1. The minimum absolute atomic E-state index is 0.0307. The number of rotatable bonds is 2. The molecule has 0 aliphatic carbocycles. The molecule has 0 radical (unpaired) electrons. The van der Waals surface area contributed by atoms with Crippen LogP contribution in [0.25, 0.3) is 0 Å². The van der Waals surface area contributed by atoms with Crippen LogP contribution in [0, 0.1) is 11.8 Å². The number of esters is 2. The molecule has 0 aromatic rings. The first-order valence-electron chi connectivity index (χ1n) is 10.3. The second kappa shape index (κ2) is 11.4. The molecule has 1 N–H and O–H groups in total. The van der Waals surface area contributed by atoms with Crippen LogP contribution in [-0.2, 0) is 33.3 Å². The minimum atomic E-state index is -1.02. The van der Waals surface area contributed by atoms with Gasteiger partial charge in [-0.25, -0.2) is 0 Å². The summed E-state index contributed by atoms with van der Waals surface area (Å²) in [6.45, 7) is 4.83. The molecule has 0 aromatic heterocycles. The lowest BCUT2D eigenvalue weighted by atomic mass is 9.84. The van der Waals surface area contributed by atoms with Crippen molar-refractivity contribution in [2.24, 2.45) is 11.8 Å². The summed E-state index contributed by atoms with van der Waals surface area (Å²) in [5.41, 5.74) is 0. The maximum atomic E-state index is 12.5. The van der Waals surface area contributed by atoms with E-state index in [0.717, 1.165) is 0 Å². The molecule has 8 nitrogen and oxygen atoms in total. The van der Waals surface area contributed by atoms with Crippen molar-refractivity contribution in [1.82, 2.24) is 0 Å². The monoisotopic (exact) mass is 424 g/mol. The second-order valence-electron chi connectivity index (χ2n) is 7.97. The van der Waals surface area contributed by atoms with Crippen molar-refractivity contribution in [1.29, 1.82) is 0 Å². The molecule has 0 amide bonds. The number of hydrogen-bond donors (Lipinski definition) is 1. The van der Waals surface area contributed by atoms with Crippen LogP contribution in [0.2, 0.25) is 0 Å². The Labute approximate surface area is 177 Å². The van der Waals surface area contributed by atoms with Crippen LogP contribution in [0.3, 0.4) is 0 Å². The fourth-order valence-electron chi connectivity index (χ4n) is 3.97. The first kappa shape index (κ1) is 24.2. The number of ether oxygens (including phenoxy) is 4. The van der Waals surface area contributed by atoms with Crippen molar-refractivity contribution >= 4 is 17.7 Å². The van der Waals surface area contributed by atoms with Crippen LogP contribution in [-0.4, -0.2) is 60.6 Å². The molecule has 0 bridgehead atoms. The first-order chi connectivity index (χ1) is 14.2. The minimum Gasteiger partial charge on any atom is -0.462 e. The van der Waals surface area contributed by atoms with Crippen molar-refractivity contribution in [3.8, 4) is 0 Å². The molecule has 0 saturated carbocycles. The number of aliphatic hydroxyl groups excluding tert-OH is 1. The number of fused-ring (bicyclic) bond motifs is 1. The predicted octanol–water partition coefficient (Wildman–Crippen LogP) is 2.09. The van der Waals surface area contributed by atoms with Crippen LogP contribution in [0.5, 0.6) is 0 Å². The lowest BCUT2D eigenvalue weighted by Gasteiger charge is -2.32. The van der Waals surface area contributed by atoms with E-state index in [0.29, 0.717) is 19.3 Å². The van der Waals surface area contributed by atoms with Gasteiger partial charge in [-0.3, -0.25) is 14.4 Å². The normalized spacial score (nSPS) is 38.4. The van der Waals surface area contributed by atoms with E-state index in [-0.39, 0.29) is 30.1 Å². The van der Waals surface area contributed by atoms with E-state index in [2.05, 4.69) is 0 Å². The van der Waals surface area contributed by atoms with Crippen molar-refractivity contribution in [3.63, 3.8) is 0 Å². The van der Waals surface area contributed by atoms with Crippen LogP contribution in [0.4, 0.5) is 0 Å². The molecule has 2 heterocycles. The Morgan fingerprint density at radius 2 is 1.93 bits per heavy atom. The van der Waals surface area contributed by atoms with Gasteiger partial charge >= 0.3 is 11.9 Å². The zero-order valence-electron chi connectivity index (χ0n) is 18.0. The Morgan fingerprint density at radius 3 is 2.60 bits per heavy atom. The molecule has 0 spiro atoms. The topological polar surface area (TPSA) is 108 Å². The van der Waals surface area contributed by atoms with Gasteiger partial charge in [-0.15, -0.1) is 0 Å². The highest BCUT2D eigenvalue weighted by Gasteiger charge is 2.45. The summed E-state index contributed by atoms with van der Waals surface area (Å²) in [4.78, 5) is 36.6. The van der Waals surface area contributed by atoms with E-state index in [1.807, 2.05) is 13.0 Å². The average molecular weight is 424 g/mol. The van der Waals surface area contributed by atoms with Crippen molar-refractivity contribution < 1.29 is 38.4 Å². The third kappa shape index (κ3) is 7.04. The van der Waals surface area contributed by atoms with Gasteiger partial charge < -0.3 is 24.1 Å². The number of hydrogen-bond acceptors (Lipinski definition) is 8. The van der Waals surface area contributed by atoms with Gasteiger partial charge in [0.1, 0.15) is 18.3 Å². The van der Waals surface area contributed by atoms with Crippen molar-refractivity contribution in [3.05, 3.63) is 24.3 Å². The molecule has 7 atom stereocenters. The summed E-state index contributed by atoms with van der Waals surface area (Å²) in [5, 5.41) is 10.1. The van der Waals surface area contributed by atoms with E-state index < -0.39 is 36.5 Å². The Morgan fingerprint density at radius 1 is 1.20 bits per heavy atom. The summed E-state index contributed by atoms with van der Waals surface area (Å²) in [5.74, 6) is -1.63. The molecule has 1 fully saturated rings. The van der Waals surface area contributed by atoms with Gasteiger partial charge in [0, 0.05) is 32.8 Å². The zero-order valence-corrected chi connectivity index (χ0v) is 18.0. The molecule has 1 saturated heterocycles. The molecule has 2 aliphatic rings. The van der Waals surface area contributed by atoms with E-state index >= 15 is 0 Å². The molecule has 30 heavy (non-hydrogen) atoms. The second-order valence-corrected chi connectivity index (χ2v) is 7.97. The molecule has 8 heteroatoms. The van der Waals surface area contributed by atoms with Gasteiger partial charge in [-0.1, -0.05) is 25.2 Å². The highest BCUT2D eigenvalue weighted by Crippen LogP contribution is 2.36. The molecule has 168 valence electrons. The highest BCUT2D eigenvalue weighted by atomic mass is 16.6. The number of carbonyl (C=O) groups is 3. The largest absolute Gasteiger partial charge is 0.462 e. The van der Waals surface area contributed by atoms with Crippen LogP contribution in [0.1, 0.15) is 46.5 Å². The van der Waals surface area contributed by atoms with Gasteiger partial charge in [0.25, 0.3) is 0 Å². The van der Waals surface area contributed by atoms with Gasteiger partial charge in [0.2, 0.25) is 0 Å². The Bertz CT molecular complexity index is 670. The SMILES string of the molecule is COC1[C@H]2OC(O)C[C@H]2C[C@@H](C)C(=O)/C=C/C=C/C[C@@H](C)OC(=O)C[C@H]1OC(C)=O. The summed E-state index contributed by atoms with van der Waals surface area (Å²) in [6.07, 6.45) is 4.00. The van der Waals surface area contributed by atoms with Gasteiger partial charge in [-0.2, -0.15) is 0 Å². The maximum absolute atomic E-state index is 12.5. The third-order valence-electron chi connectivity index (χ3n) is 5.38. The van der Waals surface area contributed by atoms with Gasteiger partial charge in [0.05, 0.1) is 12.5 Å². The molecule has 2 aliphatic heterocycles. The average Bonchev–Trinajstić information content (AvgIpc) is 3.00. The lowest BCUT2D eigenvalue weighted by molar-refractivity contribution is -0.181. The predicted molar refractivity (Wildman–Crippen MR) is 107 cm³/mol. The first-order valence-corrected chi connectivity index (χ1v) is 10.3. The summed E-state index contributed by atoms with van der Waals surface area (Å²) in [7, 11) is 1.43. The Balaban J connectivity index is 2.34. The lowest BCUT2D eigenvalue weighted by Crippen LogP contribution is -2.46. The molecule has 2 unspecified atom stereocenters. The van der Waals surface area contributed by atoms with E-state index in [9.17, 15) is 19.5 Å². The smallest absolute Gasteiger partial charge is 0.309 e. The molecular weight excluding hydrogens is 392 g/mol. The Hall–Kier alpha value is -2.03. The van der Waals surface area contributed by atoms with E-state index in [1.54, 1.807) is 19.1 Å². The van der Waals surface area contributed by atoms with Gasteiger partial charge in [0.15, 0.2) is 12.1 Å². The van der Waals surface area contributed by atoms with Crippen LogP contribution >= 0.6 is 0 Å². The fourth-order valence-corrected chi connectivity index (χ4v) is 3.97. The fraction of sp³-hybridized carbons (Fsp3) is 0.682. The molecule has 2 rings (SSSR count). The number of allylic oxidation sites excluding steroid dienone is 3. The van der Waals surface area contributed by atoms with Crippen molar-refractivity contribution in [2.75, 3.05) is 7.11 Å². The van der Waals surface area contributed by atoms with Gasteiger partial charge in [-0.05, 0) is 25.3 Å². The molecule has 0 aromatic carbocycles. The maximum Gasteiger partial charge on any atom is 0.309 e. The number of aliphatic hydroxyl groups is 1. The number of cyclic esters (lactones) is 1. The number of carbonyl (C=O) groups excluding carboxylic acids is 3.